The number of imide groups is 1. The number of amides is 2. The second kappa shape index (κ2) is 6.62. The van der Waals surface area contributed by atoms with Crippen LogP contribution in [0.4, 0.5) is 0 Å². The molecule has 1 aromatic carbocycles. The summed E-state index contributed by atoms with van der Waals surface area (Å²) in [6.45, 7) is 1.49. The molecule has 0 spiro atoms. The number of hydrogen-bond donors (Lipinski definition) is 1. The van der Waals surface area contributed by atoms with Crippen LogP contribution in [-0.4, -0.2) is 47.4 Å². The summed E-state index contributed by atoms with van der Waals surface area (Å²) in [6, 6.07) is 7.71. The van der Waals surface area contributed by atoms with Gasteiger partial charge in [-0.3, -0.25) is 14.5 Å². The average molecular weight is 304 g/mol. The third-order valence-corrected chi connectivity index (χ3v) is 5.21. The molecule has 4 nitrogen and oxygen atoms in total. The average Bonchev–Trinajstić information content (AvgIpc) is 3.10. The molecule has 0 bridgehead atoms. The number of carbonyl (C=O) groups is 2. The number of hydrogen-bond acceptors (Lipinski definition) is 4. The standard InChI is InChI=1S/C16H20N2O2S/c19-15-13-5-1-2-6-14(13)16(20)18(15)9-4-3-8-17-12-7-10-21-11-12/h1-2,5-6,12,17H,3-4,7-11H2. The Labute approximate surface area is 129 Å². The Morgan fingerprint density at radius 3 is 2.48 bits per heavy atom. The summed E-state index contributed by atoms with van der Waals surface area (Å²) < 4.78 is 0. The Balaban J connectivity index is 1.44. The molecule has 2 aliphatic heterocycles. The van der Waals surface area contributed by atoms with Gasteiger partial charge in [0.05, 0.1) is 11.1 Å². The summed E-state index contributed by atoms with van der Waals surface area (Å²) in [7, 11) is 0. The zero-order valence-electron chi connectivity index (χ0n) is 12.0. The van der Waals surface area contributed by atoms with Crippen LogP contribution in [0.1, 0.15) is 40.0 Å². The Hall–Kier alpha value is -1.33. The predicted octanol–water partition coefficient (Wildman–Crippen LogP) is 2.16. The maximum atomic E-state index is 12.2. The van der Waals surface area contributed by atoms with Gasteiger partial charge in [-0.2, -0.15) is 11.8 Å². The summed E-state index contributed by atoms with van der Waals surface area (Å²) in [6.07, 6.45) is 3.11. The van der Waals surface area contributed by atoms with Crippen molar-refractivity contribution in [3.63, 3.8) is 0 Å². The number of fused-ring (bicyclic) bond motifs is 1. The molecule has 1 unspecified atom stereocenters. The van der Waals surface area contributed by atoms with E-state index in [-0.39, 0.29) is 11.8 Å². The van der Waals surface area contributed by atoms with Crippen molar-refractivity contribution in [1.29, 1.82) is 0 Å². The van der Waals surface area contributed by atoms with E-state index in [1.165, 1.54) is 22.8 Å². The van der Waals surface area contributed by atoms with Crippen LogP contribution < -0.4 is 5.32 Å². The van der Waals surface area contributed by atoms with Crippen LogP contribution in [0.15, 0.2) is 24.3 Å². The smallest absolute Gasteiger partial charge is 0.261 e. The van der Waals surface area contributed by atoms with Crippen molar-refractivity contribution in [1.82, 2.24) is 10.2 Å². The van der Waals surface area contributed by atoms with E-state index in [2.05, 4.69) is 5.32 Å². The molecule has 1 atom stereocenters. The minimum atomic E-state index is -0.143. The van der Waals surface area contributed by atoms with Crippen LogP contribution in [0.2, 0.25) is 0 Å². The fraction of sp³-hybridized carbons (Fsp3) is 0.500. The quantitative estimate of drug-likeness (QED) is 0.646. The molecular weight excluding hydrogens is 284 g/mol. The number of nitrogens with one attached hydrogen (secondary N) is 1. The molecular formula is C16H20N2O2S. The van der Waals surface area contributed by atoms with Crippen molar-refractivity contribution in [3.05, 3.63) is 35.4 Å². The van der Waals surface area contributed by atoms with Crippen LogP contribution in [0.3, 0.4) is 0 Å². The van der Waals surface area contributed by atoms with E-state index in [1.54, 1.807) is 24.3 Å². The van der Waals surface area contributed by atoms with Crippen LogP contribution in [-0.2, 0) is 0 Å². The van der Waals surface area contributed by atoms with E-state index >= 15 is 0 Å². The van der Waals surface area contributed by atoms with Gasteiger partial charge in [-0.25, -0.2) is 0 Å². The lowest BCUT2D eigenvalue weighted by atomic mass is 10.1. The van der Waals surface area contributed by atoms with E-state index in [1.807, 2.05) is 11.8 Å². The van der Waals surface area contributed by atoms with Gasteiger partial charge in [-0.1, -0.05) is 12.1 Å². The first-order valence-electron chi connectivity index (χ1n) is 7.54. The van der Waals surface area contributed by atoms with Crippen LogP contribution in [0.25, 0.3) is 0 Å². The highest BCUT2D eigenvalue weighted by molar-refractivity contribution is 7.99. The molecule has 3 rings (SSSR count). The summed E-state index contributed by atoms with van der Waals surface area (Å²) >= 11 is 2.00. The lowest BCUT2D eigenvalue weighted by Gasteiger charge is -2.14. The molecule has 0 aromatic heterocycles. The lowest BCUT2D eigenvalue weighted by molar-refractivity contribution is 0.0651. The number of benzene rings is 1. The molecule has 1 N–H and O–H groups in total. The SMILES string of the molecule is O=C1c2ccccc2C(=O)N1CCCCNC1CCSC1. The Morgan fingerprint density at radius 2 is 1.86 bits per heavy atom. The van der Waals surface area contributed by atoms with Gasteiger partial charge in [0.2, 0.25) is 0 Å². The van der Waals surface area contributed by atoms with Gasteiger partial charge in [0, 0.05) is 18.3 Å². The molecule has 0 aliphatic carbocycles. The molecule has 21 heavy (non-hydrogen) atoms. The molecule has 1 aromatic rings. The van der Waals surface area contributed by atoms with Crippen molar-refractivity contribution in [2.45, 2.75) is 25.3 Å². The fourth-order valence-corrected chi connectivity index (χ4v) is 4.03. The maximum absolute atomic E-state index is 12.2. The van der Waals surface area contributed by atoms with E-state index in [4.69, 9.17) is 0 Å². The highest BCUT2D eigenvalue weighted by Gasteiger charge is 2.34. The highest BCUT2D eigenvalue weighted by Crippen LogP contribution is 2.22. The summed E-state index contributed by atoms with van der Waals surface area (Å²) in [5.41, 5.74) is 1.09. The zero-order valence-corrected chi connectivity index (χ0v) is 12.8. The number of thioether (sulfide) groups is 1. The zero-order chi connectivity index (χ0) is 14.7. The molecule has 1 fully saturated rings. The van der Waals surface area contributed by atoms with Crippen LogP contribution in [0, 0.1) is 0 Å². The fourth-order valence-electron chi connectivity index (χ4n) is 2.84. The van der Waals surface area contributed by atoms with Gasteiger partial charge in [0.25, 0.3) is 11.8 Å². The molecule has 2 aliphatic rings. The Kier molecular flexibility index (Phi) is 4.60. The monoisotopic (exact) mass is 304 g/mol. The Bertz CT molecular complexity index is 506. The second-order valence-electron chi connectivity index (χ2n) is 5.53. The normalized spacial score (nSPS) is 21.1. The van der Waals surface area contributed by atoms with Crippen molar-refractivity contribution in [3.8, 4) is 0 Å². The lowest BCUT2D eigenvalue weighted by Crippen LogP contribution is -2.32. The third kappa shape index (κ3) is 3.14. The Morgan fingerprint density at radius 1 is 1.14 bits per heavy atom. The van der Waals surface area contributed by atoms with Crippen LogP contribution >= 0.6 is 11.8 Å². The predicted molar refractivity (Wildman–Crippen MR) is 84.8 cm³/mol. The van der Waals surface area contributed by atoms with Crippen LogP contribution in [0.5, 0.6) is 0 Å². The van der Waals surface area contributed by atoms with Gasteiger partial charge in [0.1, 0.15) is 0 Å². The summed E-state index contributed by atoms with van der Waals surface area (Å²) in [5.74, 6) is 2.18. The van der Waals surface area contributed by atoms with Gasteiger partial charge in [-0.15, -0.1) is 0 Å². The summed E-state index contributed by atoms with van der Waals surface area (Å²) in [5, 5.41) is 3.54. The van der Waals surface area contributed by atoms with Gasteiger partial charge in [-0.05, 0) is 43.7 Å². The van der Waals surface area contributed by atoms with Gasteiger partial charge >= 0.3 is 0 Å². The van der Waals surface area contributed by atoms with Crippen molar-refractivity contribution in [2.75, 3.05) is 24.6 Å². The van der Waals surface area contributed by atoms with E-state index in [0.717, 1.165) is 19.4 Å². The first kappa shape index (κ1) is 14.6. The number of nitrogens with zero attached hydrogens (tertiary/aromatic N) is 1. The molecule has 0 saturated carbocycles. The van der Waals surface area contributed by atoms with Crippen molar-refractivity contribution in [2.24, 2.45) is 0 Å². The molecule has 112 valence electrons. The topological polar surface area (TPSA) is 49.4 Å². The third-order valence-electron chi connectivity index (χ3n) is 4.05. The number of unbranched alkanes of at least 4 members (excludes halogenated alkanes) is 1. The number of rotatable bonds is 6. The second-order valence-corrected chi connectivity index (χ2v) is 6.68. The highest BCUT2D eigenvalue weighted by atomic mass is 32.2. The molecule has 2 amide bonds. The molecule has 5 heteroatoms. The molecule has 0 radical (unpaired) electrons. The minimum Gasteiger partial charge on any atom is -0.313 e. The van der Waals surface area contributed by atoms with E-state index in [0.29, 0.717) is 23.7 Å². The first-order valence-corrected chi connectivity index (χ1v) is 8.69. The maximum Gasteiger partial charge on any atom is 0.261 e. The number of carbonyl (C=O) groups excluding carboxylic acids is 2. The minimum absolute atomic E-state index is 0.143. The largest absolute Gasteiger partial charge is 0.313 e. The molecule has 2 heterocycles. The van der Waals surface area contributed by atoms with E-state index < -0.39 is 0 Å². The van der Waals surface area contributed by atoms with Gasteiger partial charge < -0.3 is 5.32 Å². The van der Waals surface area contributed by atoms with Crippen molar-refractivity contribution >= 4 is 23.6 Å². The first-order chi connectivity index (χ1) is 10.3. The molecule has 1 saturated heterocycles. The summed E-state index contributed by atoms with van der Waals surface area (Å²) in [4.78, 5) is 25.7. The van der Waals surface area contributed by atoms with E-state index in [9.17, 15) is 9.59 Å². The van der Waals surface area contributed by atoms with Gasteiger partial charge in [0.15, 0.2) is 0 Å². The van der Waals surface area contributed by atoms with Crippen molar-refractivity contribution < 1.29 is 9.59 Å².